The number of pyridine rings is 1. The lowest BCUT2D eigenvalue weighted by Gasteiger charge is -2.20. The van der Waals surface area contributed by atoms with Crippen LogP contribution in [0, 0.1) is 20.8 Å². The van der Waals surface area contributed by atoms with Crippen LogP contribution in [0.4, 0.5) is 5.82 Å². The van der Waals surface area contributed by atoms with Crippen molar-refractivity contribution in [2.45, 2.75) is 27.3 Å². The Morgan fingerprint density at radius 2 is 1.67 bits per heavy atom. The van der Waals surface area contributed by atoms with E-state index in [-0.39, 0.29) is 0 Å². The van der Waals surface area contributed by atoms with Crippen molar-refractivity contribution < 1.29 is 4.74 Å². The molecule has 0 spiro atoms. The Balaban J connectivity index is 1.93. The minimum atomic E-state index is 0.812. The standard InChI is InChI=1S/C21H24N2O/c1-14-10-16(3)21-19(11-14)15(2)12-20(22-21)23(4)13-17-6-8-18(24-5)9-7-17/h6-12H,13H2,1-5H3. The van der Waals surface area contributed by atoms with E-state index < -0.39 is 0 Å². The first-order chi connectivity index (χ1) is 11.5. The van der Waals surface area contributed by atoms with E-state index in [2.05, 4.69) is 63.1 Å². The fraction of sp³-hybridized carbons (Fsp3) is 0.286. The van der Waals surface area contributed by atoms with Crippen LogP contribution in [-0.4, -0.2) is 19.1 Å². The molecule has 1 heterocycles. The number of methoxy groups -OCH3 is 1. The summed E-state index contributed by atoms with van der Waals surface area (Å²) in [5.74, 6) is 1.88. The smallest absolute Gasteiger partial charge is 0.129 e. The van der Waals surface area contributed by atoms with Crippen molar-refractivity contribution in [3.63, 3.8) is 0 Å². The minimum absolute atomic E-state index is 0.812. The third-order valence-corrected chi connectivity index (χ3v) is 4.41. The molecule has 0 aliphatic carbocycles. The second-order valence-corrected chi connectivity index (χ2v) is 6.48. The lowest BCUT2D eigenvalue weighted by Crippen LogP contribution is -2.18. The van der Waals surface area contributed by atoms with Crippen LogP contribution < -0.4 is 9.64 Å². The van der Waals surface area contributed by atoms with Gasteiger partial charge in [0.2, 0.25) is 0 Å². The fourth-order valence-electron chi connectivity index (χ4n) is 3.11. The summed E-state index contributed by atoms with van der Waals surface area (Å²) in [6.07, 6.45) is 0. The van der Waals surface area contributed by atoms with Gasteiger partial charge in [-0.1, -0.05) is 23.8 Å². The zero-order valence-corrected chi connectivity index (χ0v) is 15.1. The van der Waals surface area contributed by atoms with E-state index in [4.69, 9.17) is 9.72 Å². The maximum absolute atomic E-state index is 5.22. The molecule has 0 saturated carbocycles. The van der Waals surface area contributed by atoms with Gasteiger partial charge in [-0.05, 0) is 61.7 Å². The van der Waals surface area contributed by atoms with Gasteiger partial charge in [0.05, 0.1) is 12.6 Å². The van der Waals surface area contributed by atoms with Crippen LogP contribution >= 0.6 is 0 Å². The molecule has 0 amide bonds. The first-order valence-electron chi connectivity index (χ1n) is 8.20. The molecule has 0 radical (unpaired) electrons. The number of aromatic nitrogens is 1. The van der Waals surface area contributed by atoms with Gasteiger partial charge in [-0.25, -0.2) is 4.98 Å². The lowest BCUT2D eigenvalue weighted by molar-refractivity contribution is 0.414. The highest BCUT2D eigenvalue weighted by Gasteiger charge is 2.10. The van der Waals surface area contributed by atoms with E-state index >= 15 is 0 Å². The van der Waals surface area contributed by atoms with E-state index in [1.165, 1.54) is 27.6 Å². The molecule has 2 aromatic carbocycles. The summed E-state index contributed by atoms with van der Waals surface area (Å²) in [6, 6.07) is 14.8. The van der Waals surface area contributed by atoms with Crippen molar-refractivity contribution in [1.82, 2.24) is 4.98 Å². The van der Waals surface area contributed by atoms with Crippen molar-refractivity contribution >= 4 is 16.7 Å². The van der Waals surface area contributed by atoms with Gasteiger partial charge in [-0.2, -0.15) is 0 Å². The third kappa shape index (κ3) is 3.21. The fourth-order valence-corrected chi connectivity index (χ4v) is 3.11. The highest BCUT2D eigenvalue weighted by Crippen LogP contribution is 2.26. The Bertz CT molecular complexity index is 869. The number of benzene rings is 2. The van der Waals surface area contributed by atoms with Crippen molar-refractivity contribution in [3.8, 4) is 5.75 Å². The number of anilines is 1. The second-order valence-electron chi connectivity index (χ2n) is 6.48. The summed E-state index contributed by atoms with van der Waals surface area (Å²) in [5, 5.41) is 1.24. The molecule has 0 N–H and O–H groups in total. The molecular formula is C21H24N2O. The van der Waals surface area contributed by atoms with Crippen LogP contribution in [0.5, 0.6) is 5.75 Å². The van der Waals surface area contributed by atoms with Gasteiger partial charge in [0.25, 0.3) is 0 Å². The van der Waals surface area contributed by atoms with Crippen molar-refractivity contribution in [1.29, 1.82) is 0 Å². The number of nitrogens with zero attached hydrogens (tertiary/aromatic N) is 2. The zero-order chi connectivity index (χ0) is 17.3. The Morgan fingerprint density at radius 1 is 0.958 bits per heavy atom. The largest absolute Gasteiger partial charge is 0.497 e. The Labute approximate surface area is 143 Å². The van der Waals surface area contributed by atoms with Crippen LogP contribution in [0.2, 0.25) is 0 Å². The lowest BCUT2D eigenvalue weighted by atomic mass is 10.0. The molecule has 124 valence electrons. The van der Waals surface area contributed by atoms with Crippen LogP contribution in [-0.2, 0) is 6.54 Å². The minimum Gasteiger partial charge on any atom is -0.497 e. The van der Waals surface area contributed by atoms with Gasteiger partial charge >= 0.3 is 0 Å². The van der Waals surface area contributed by atoms with Gasteiger partial charge < -0.3 is 9.64 Å². The summed E-state index contributed by atoms with van der Waals surface area (Å²) in [5.41, 5.74) is 6.11. The van der Waals surface area contributed by atoms with Gasteiger partial charge in [-0.15, -0.1) is 0 Å². The number of fused-ring (bicyclic) bond motifs is 1. The average Bonchev–Trinajstić information content (AvgIpc) is 2.56. The topological polar surface area (TPSA) is 25.4 Å². The maximum Gasteiger partial charge on any atom is 0.129 e. The van der Waals surface area contributed by atoms with Crippen molar-refractivity contribution in [2.75, 3.05) is 19.1 Å². The summed E-state index contributed by atoms with van der Waals surface area (Å²) in [6.45, 7) is 7.24. The molecule has 1 aromatic heterocycles. The number of aryl methyl sites for hydroxylation is 3. The predicted octanol–water partition coefficient (Wildman–Crippen LogP) is 4.81. The third-order valence-electron chi connectivity index (χ3n) is 4.41. The Kier molecular flexibility index (Phi) is 4.43. The first kappa shape index (κ1) is 16.3. The molecule has 24 heavy (non-hydrogen) atoms. The van der Waals surface area contributed by atoms with E-state index in [1.807, 2.05) is 12.1 Å². The molecule has 0 aliphatic rings. The predicted molar refractivity (Wildman–Crippen MR) is 101 cm³/mol. The molecule has 0 saturated heterocycles. The SMILES string of the molecule is COc1ccc(CN(C)c2cc(C)c3cc(C)cc(C)c3n2)cc1. The molecule has 3 aromatic rings. The van der Waals surface area contributed by atoms with Gasteiger partial charge in [0, 0.05) is 19.0 Å². The highest BCUT2D eigenvalue weighted by molar-refractivity contribution is 5.87. The van der Waals surface area contributed by atoms with Crippen LogP contribution in [0.25, 0.3) is 10.9 Å². The van der Waals surface area contributed by atoms with Crippen LogP contribution in [0.3, 0.4) is 0 Å². The van der Waals surface area contributed by atoms with Crippen LogP contribution in [0.1, 0.15) is 22.3 Å². The molecule has 0 unspecified atom stereocenters. The normalized spacial score (nSPS) is 10.9. The van der Waals surface area contributed by atoms with E-state index in [0.717, 1.165) is 23.6 Å². The average molecular weight is 320 g/mol. The van der Waals surface area contributed by atoms with Gasteiger partial charge in [-0.3, -0.25) is 0 Å². The van der Waals surface area contributed by atoms with Gasteiger partial charge in [0.1, 0.15) is 11.6 Å². The summed E-state index contributed by atoms with van der Waals surface area (Å²) in [4.78, 5) is 7.10. The van der Waals surface area contributed by atoms with E-state index in [0.29, 0.717) is 0 Å². The number of rotatable bonds is 4. The van der Waals surface area contributed by atoms with Crippen LogP contribution in [0.15, 0.2) is 42.5 Å². The van der Waals surface area contributed by atoms with Gasteiger partial charge in [0.15, 0.2) is 0 Å². The number of hydrogen-bond acceptors (Lipinski definition) is 3. The second kappa shape index (κ2) is 6.52. The maximum atomic E-state index is 5.22. The van der Waals surface area contributed by atoms with E-state index in [9.17, 15) is 0 Å². The van der Waals surface area contributed by atoms with E-state index in [1.54, 1.807) is 7.11 Å². The van der Waals surface area contributed by atoms with Crippen molar-refractivity contribution in [3.05, 3.63) is 64.7 Å². The Morgan fingerprint density at radius 3 is 2.33 bits per heavy atom. The number of ether oxygens (including phenoxy) is 1. The summed E-state index contributed by atoms with van der Waals surface area (Å²) in [7, 11) is 3.77. The molecule has 0 fully saturated rings. The first-order valence-corrected chi connectivity index (χ1v) is 8.20. The Hall–Kier alpha value is -2.55. The molecule has 3 heteroatoms. The molecule has 0 bridgehead atoms. The summed E-state index contributed by atoms with van der Waals surface area (Å²) < 4.78 is 5.22. The molecular weight excluding hydrogens is 296 g/mol. The quantitative estimate of drug-likeness (QED) is 0.690. The molecule has 0 aliphatic heterocycles. The highest BCUT2D eigenvalue weighted by atomic mass is 16.5. The summed E-state index contributed by atoms with van der Waals surface area (Å²) >= 11 is 0. The molecule has 3 rings (SSSR count). The zero-order valence-electron chi connectivity index (χ0n) is 15.1. The molecule has 0 atom stereocenters. The monoisotopic (exact) mass is 320 g/mol. The van der Waals surface area contributed by atoms with Crippen molar-refractivity contribution in [2.24, 2.45) is 0 Å². The number of hydrogen-bond donors (Lipinski definition) is 0. The molecule has 3 nitrogen and oxygen atoms in total.